The zero-order valence-electron chi connectivity index (χ0n) is 21.0. The number of ether oxygens (including phenoxy) is 1. The summed E-state index contributed by atoms with van der Waals surface area (Å²) in [6.45, 7) is 0.261. The molecule has 4 N–H and O–H groups in total. The van der Waals surface area contributed by atoms with Crippen LogP contribution in [0.25, 0.3) is 10.9 Å². The van der Waals surface area contributed by atoms with Gasteiger partial charge in [-0.1, -0.05) is 11.6 Å². The number of methoxy groups -OCH3 is 1. The van der Waals surface area contributed by atoms with Crippen LogP contribution in [0.3, 0.4) is 0 Å². The molecule has 11 heteroatoms. The van der Waals surface area contributed by atoms with Crippen LogP contribution in [0.4, 0.5) is 0 Å². The number of carbonyl (C=O) groups excluding carboxylic acids is 4. The average molecular weight is 543 g/mol. The van der Waals surface area contributed by atoms with Crippen molar-refractivity contribution < 1.29 is 29.0 Å². The average Bonchev–Trinajstić information content (AvgIpc) is 3.25. The van der Waals surface area contributed by atoms with E-state index in [0.717, 1.165) is 12.8 Å². The summed E-state index contributed by atoms with van der Waals surface area (Å²) < 4.78 is 5.43. The van der Waals surface area contributed by atoms with Gasteiger partial charge in [-0.3, -0.25) is 19.2 Å². The molecule has 0 radical (unpaired) electrons. The van der Waals surface area contributed by atoms with Gasteiger partial charge in [-0.2, -0.15) is 0 Å². The Kier molecular flexibility index (Phi) is 6.34. The Bertz CT molecular complexity index is 1330. The van der Waals surface area contributed by atoms with Gasteiger partial charge in [-0.25, -0.2) is 0 Å². The highest BCUT2D eigenvalue weighted by Gasteiger charge is 2.62. The van der Waals surface area contributed by atoms with E-state index in [-0.39, 0.29) is 30.1 Å². The maximum Gasteiger partial charge on any atom is 0.271 e. The van der Waals surface area contributed by atoms with Crippen LogP contribution < -0.4 is 15.4 Å². The van der Waals surface area contributed by atoms with Crippen LogP contribution in [0.1, 0.15) is 36.2 Å². The first kappa shape index (κ1) is 25.2. The molecule has 3 amide bonds. The number of rotatable bonds is 8. The summed E-state index contributed by atoms with van der Waals surface area (Å²) in [7, 11) is 1.53. The van der Waals surface area contributed by atoms with Crippen LogP contribution in [0.5, 0.6) is 5.75 Å². The molecule has 202 valence electrons. The largest absolute Gasteiger partial charge is 0.496 e. The van der Waals surface area contributed by atoms with Crippen molar-refractivity contribution in [3.8, 4) is 5.75 Å². The lowest BCUT2D eigenvalue weighted by Gasteiger charge is -2.29. The lowest BCUT2D eigenvalue weighted by molar-refractivity contribution is -0.133. The van der Waals surface area contributed by atoms with Crippen LogP contribution in [-0.2, 0) is 14.4 Å². The Morgan fingerprint density at radius 1 is 1.21 bits per heavy atom. The van der Waals surface area contributed by atoms with Crippen LogP contribution >= 0.6 is 11.6 Å². The van der Waals surface area contributed by atoms with Gasteiger partial charge in [0, 0.05) is 29.4 Å². The molecule has 1 aromatic carbocycles. The van der Waals surface area contributed by atoms with E-state index in [4.69, 9.17) is 16.3 Å². The highest BCUT2D eigenvalue weighted by molar-refractivity contribution is 6.31. The van der Waals surface area contributed by atoms with Gasteiger partial charge < -0.3 is 30.4 Å². The van der Waals surface area contributed by atoms with Crippen molar-refractivity contribution in [2.45, 2.75) is 37.8 Å². The number of ketones is 1. The van der Waals surface area contributed by atoms with E-state index in [1.807, 2.05) is 0 Å². The number of amides is 3. The van der Waals surface area contributed by atoms with E-state index in [0.29, 0.717) is 58.7 Å². The number of aromatic nitrogens is 1. The van der Waals surface area contributed by atoms with Gasteiger partial charge in [-0.15, -0.1) is 0 Å². The fourth-order valence-electron chi connectivity index (χ4n) is 7.06. The molecule has 4 fully saturated rings. The van der Waals surface area contributed by atoms with E-state index in [2.05, 4.69) is 15.6 Å². The zero-order valence-corrected chi connectivity index (χ0v) is 21.8. The molecule has 7 unspecified atom stereocenters. The molecule has 1 aromatic heterocycles. The number of carbonyl (C=O) groups is 4. The Hall–Kier alpha value is -3.11. The molecule has 3 heterocycles. The predicted molar refractivity (Wildman–Crippen MR) is 138 cm³/mol. The van der Waals surface area contributed by atoms with E-state index in [1.165, 1.54) is 7.11 Å². The van der Waals surface area contributed by atoms with E-state index >= 15 is 0 Å². The second kappa shape index (κ2) is 9.57. The van der Waals surface area contributed by atoms with Crippen molar-refractivity contribution in [2.24, 2.45) is 29.6 Å². The first-order valence-electron chi connectivity index (χ1n) is 13.2. The molecule has 0 spiro atoms. The number of aliphatic hydroxyl groups excluding tert-OH is 1. The van der Waals surface area contributed by atoms with Crippen LogP contribution in [0.15, 0.2) is 18.2 Å². The predicted octanol–water partition coefficient (Wildman–Crippen LogP) is 1.50. The van der Waals surface area contributed by atoms with Gasteiger partial charge in [-0.05, 0) is 67.6 Å². The van der Waals surface area contributed by atoms with Crippen LogP contribution in [0, 0.1) is 29.6 Å². The van der Waals surface area contributed by atoms with Gasteiger partial charge in [0.25, 0.3) is 5.91 Å². The normalized spacial score (nSPS) is 30.1. The number of fused-ring (bicyclic) bond motifs is 4. The number of aliphatic hydroxyl groups is 1. The molecule has 2 aliphatic heterocycles. The number of aromatic amines is 1. The third-order valence-corrected chi connectivity index (χ3v) is 9.21. The number of Topliss-reactive ketones (excluding diaryl/α,β-unsaturated/α-hetero) is 1. The molecule has 7 atom stereocenters. The van der Waals surface area contributed by atoms with Crippen molar-refractivity contribution in [2.75, 3.05) is 26.8 Å². The fourth-order valence-corrected chi connectivity index (χ4v) is 7.27. The van der Waals surface area contributed by atoms with Gasteiger partial charge in [0.1, 0.15) is 24.1 Å². The van der Waals surface area contributed by atoms with Gasteiger partial charge in [0.2, 0.25) is 11.8 Å². The van der Waals surface area contributed by atoms with E-state index in [1.54, 1.807) is 23.1 Å². The Morgan fingerprint density at radius 2 is 2.00 bits per heavy atom. The summed E-state index contributed by atoms with van der Waals surface area (Å²) in [5.74, 6) is 0.0876. The molecule has 2 aromatic rings. The topological polar surface area (TPSA) is 141 Å². The Morgan fingerprint density at radius 3 is 2.71 bits per heavy atom. The molecule has 6 rings (SSSR count). The summed E-state index contributed by atoms with van der Waals surface area (Å²) in [6, 6.07) is 3.39. The SMILES string of the molecule is COc1cc(Cl)cc2[nH]c(C(=O)N3CC4C5CC5CC4C3C(=O)NC(CC3CCNC3=O)C(=O)CO)cc12. The molecule has 2 aliphatic carbocycles. The summed E-state index contributed by atoms with van der Waals surface area (Å²) >= 11 is 6.21. The van der Waals surface area contributed by atoms with Gasteiger partial charge in [0.05, 0.1) is 18.7 Å². The molecule has 10 nitrogen and oxygen atoms in total. The summed E-state index contributed by atoms with van der Waals surface area (Å²) in [6.07, 6.45) is 2.69. The molecular formula is C27H31ClN4O6. The van der Waals surface area contributed by atoms with Crippen LogP contribution in [0.2, 0.25) is 5.02 Å². The Labute approximate surface area is 224 Å². The minimum Gasteiger partial charge on any atom is -0.496 e. The number of halogens is 1. The van der Waals surface area contributed by atoms with E-state index in [9.17, 15) is 24.3 Å². The minimum absolute atomic E-state index is 0.00992. The maximum atomic E-state index is 13.8. The third kappa shape index (κ3) is 4.23. The van der Waals surface area contributed by atoms with Gasteiger partial charge >= 0.3 is 0 Å². The molecule has 0 bridgehead atoms. The first-order valence-corrected chi connectivity index (χ1v) is 13.6. The molecule has 38 heavy (non-hydrogen) atoms. The number of hydrogen-bond donors (Lipinski definition) is 4. The van der Waals surface area contributed by atoms with Crippen LogP contribution in [-0.4, -0.2) is 77.4 Å². The molecule has 2 saturated heterocycles. The van der Waals surface area contributed by atoms with Crippen molar-refractivity contribution in [3.63, 3.8) is 0 Å². The first-order chi connectivity index (χ1) is 18.3. The summed E-state index contributed by atoms with van der Waals surface area (Å²) in [5.41, 5.74) is 0.986. The molecular weight excluding hydrogens is 512 g/mol. The summed E-state index contributed by atoms with van der Waals surface area (Å²) in [4.78, 5) is 57.1. The standard InChI is InChI=1S/C27H31ClN4O6/c1-38-23-8-14(28)7-19-17(23)9-21(30-19)27(37)32-10-18-15-4-13(15)5-16(18)24(32)26(36)31-20(22(34)11-33)6-12-2-3-29-25(12)35/h7-9,12-13,15-16,18,20,24,30,33H,2-6,10-11H2,1H3,(H,29,35)(H,31,36). The van der Waals surface area contributed by atoms with Crippen molar-refractivity contribution >= 4 is 46.0 Å². The minimum atomic E-state index is -0.993. The third-order valence-electron chi connectivity index (χ3n) is 8.99. The number of likely N-dealkylation sites (tertiary alicyclic amines) is 1. The number of benzene rings is 1. The van der Waals surface area contributed by atoms with Gasteiger partial charge in [0.15, 0.2) is 5.78 Å². The van der Waals surface area contributed by atoms with Crippen molar-refractivity contribution in [1.82, 2.24) is 20.5 Å². The number of nitrogens with one attached hydrogen (secondary N) is 3. The monoisotopic (exact) mass is 542 g/mol. The van der Waals surface area contributed by atoms with Crippen molar-refractivity contribution in [1.29, 1.82) is 0 Å². The highest BCUT2D eigenvalue weighted by atomic mass is 35.5. The number of hydrogen-bond acceptors (Lipinski definition) is 6. The van der Waals surface area contributed by atoms with Crippen molar-refractivity contribution in [3.05, 3.63) is 28.9 Å². The van der Waals surface area contributed by atoms with E-state index < -0.39 is 36.3 Å². The lowest BCUT2D eigenvalue weighted by atomic mass is 9.88. The quantitative estimate of drug-likeness (QED) is 0.398. The number of H-pyrrole nitrogens is 1. The Balaban J connectivity index is 1.27. The maximum absolute atomic E-state index is 13.8. The molecule has 2 saturated carbocycles. The smallest absolute Gasteiger partial charge is 0.271 e. The zero-order chi connectivity index (χ0) is 26.7. The highest BCUT2D eigenvalue weighted by Crippen LogP contribution is 2.62. The molecule has 4 aliphatic rings. The second-order valence-corrected chi connectivity index (χ2v) is 11.5. The fraction of sp³-hybridized carbons (Fsp3) is 0.556. The lowest BCUT2D eigenvalue weighted by Crippen LogP contribution is -2.53. The second-order valence-electron chi connectivity index (χ2n) is 11.1. The summed E-state index contributed by atoms with van der Waals surface area (Å²) in [5, 5.41) is 16.3. The number of nitrogens with zero attached hydrogens (tertiary/aromatic N) is 1.